The molecule has 0 radical (unpaired) electrons. The van der Waals surface area contributed by atoms with E-state index >= 15 is 0 Å². The number of carbonyl (C=O) groups is 24. The highest BCUT2D eigenvalue weighted by molar-refractivity contribution is 5.97. The Labute approximate surface area is 856 Å². The van der Waals surface area contributed by atoms with Crippen molar-refractivity contribution in [2.75, 3.05) is 109 Å². The van der Waals surface area contributed by atoms with Gasteiger partial charge in [-0.05, 0) is 94.2 Å². The second-order valence-corrected chi connectivity index (χ2v) is 31.9. The van der Waals surface area contributed by atoms with Crippen molar-refractivity contribution < 1.29 is 191 Å². The first-order valence-corrected chi connectivity index (χ1v) is 46.0. The van der Waals surface area contributed by atoms with Crippen LogP contribution < -0.4 is 42.5 Å². The normalized spacial score (nSPS) is 12.8. The van der Waals surface area contributed by atoms with E-state index in [2.05, 4.69) is 80.4 Å². The summed E-state index contributed by atoms with van der Waals surface area (Å²) in [5.74, 6) is -11.4. The topological polar surface area (TPSA) is 654 Å². The maximum absolute atomic E-state index is 12.0. The molecule has 48 nitrogen and oxygen atoms in total. The second kappa shape index (κ2) is 88.2. The van der Waals surface area contributed by atoms with E-state index in [0.717, 1.165) is 123 Å². The molecule has 8 unspecified atom stereocenters. The van der Waals surface area contributed by atoms with E-state index in [1.165, 1.54) is 62.9 Å². The van der Waals surface area contributed by atoms with E-state index in [0.29, 0.717) is 18.4 Å². The number of nitrogens with one attached hydrogen (secondary N) is 8. The van der Waals surface area contributed by atoms with Gasteiger partial charge in [-0.3, -0.25) is 38.4 Å². The summed E-state index contributed by atoms with van der Waals surface area (Å²) in [5, 5.41) is 21.3. The summed E-state index contributed by atoms with van der Waals surface area (Å²) < 4.78 is 73.8. The van der Waals surface area contributed by atoms with Gasteiger partial charge in [-0.2, -0.15) is 0 Å². The lowest BCUT2D eigenvalue weighted by Gasteiger charge is -2.23. The number of ether oxygens (including phenoxy) is 16. The first-order chi connectivity index (χ1) is 69.0. The number of esters is 16. The molecule has 0 saturated heterocycles. The molecular formula is C99H148N8O40. The van der Waals surface area contributed by atoms with Gasteiger partial charge in [0.05, 0.1) is 104 Å². The summed E-state index contributed by atoms with van der Waals surface area (Å²) in [6.07, 6.45) is 21.7. The van der Waals surface area contributed by atoms with E-state index < -0.39 is 101 Å². The predicted octanol–water partition coefficient (Wildman–Crippen LogP) is 4.34. The van der Waals surface area contributed by atoms with Crippen molar-refractivity contribution in [1.29, 1.82) is 0 Å². The third kappa shape index (κ3) is 92.6. The lowest BCUT2D eigenvalue weighted by molar-refractivity contribution is -0.140. The Balaban J connectivity index is -0.000000387. The quantitative estimate of drug-likeness (QED) is 0.0255. The van der Waals surface area contributed by atoms with E-state index in [9.17, 15) is 115 Å². The molecular weight excluding hydrogens is 1940 g/mol. The summed E-state index contributed by atoms with van der Waals surface area (Å²) in [4.78, 5) is 266. The van der Waals surface area contributed by atoms with Crippen LogP contribution in [0.5, 0.6) is 0 Å². The van der Waals surface area contributed by atoms with Gasteiger partial charge in [-0.15, -0.1) is 0 Å². The zero-order chi connectivity index (χ0) is 114. The van der Waals surface area contributed by atoms with Gasteiger partial charge in [-0.1, -0.05) is 85.9 Å². The highest BCUT2D eigenvalue weighted by Crippen LogP contribution is 2.24. The van der Waals surface area contributed by atoms with Crippen molar-refractivity contribution in [2.45, 2.75) is 225 Å². The van der Waals surface area contributed by atoms with Gasteiger partial charge in [0.2, 0.25) is 41.4 Å². The minimum absolute atomic E-state index is 0.00290. The lowest BCUT2D eigenvalue weighted by atomic mass is 9.88. The van der Waals surface area contributed by atoms with Crippen LogP contribution in [0.25, 0.3) is 0 Å². The van der Waals surface area contributed by atoms with Crippen LogP contribution >= 0.6 is 0 Å². The SMILES string of the molecule is CCC(=O)NC(C)COC(=O)/C=C/C(=O)OC.CCOC(=O)/C=C/C(=O)OCC(C)NC(=O)CC.CCOC(=O)/C=C/C(=O)OCC(C)NC(C)=O.COC(=O)/C=C/C(=O)OCC(C)NC(=O)C(C)(C)C.COC(=O)/C=C/C(=O)OCC(C)NC(=O)C(C)C.COC(=O)/C=C/C(=O)OCC(C)NC(=O)C1CCCCC1.COC(=O)/C=C/C(=O)OCC(C)NC(=O)c1ccccc1.COC(=O)/C=C/C(=O)OCC(C)NC(C)=O. The van der Waals surface area contributed by atoms with Gasteiger partial charge in [0.1, 0.15) is 52.9 Å². The summed E-state index contributed by atoms with van der Waals surface area (Å²) in [5.41, 5.74) is 0.0320. The molecule has 1 aliphatic rings. The van der Waals surface area contributed by atoms with Crippen molar-refractivity contribution in [3.63, 3.8) is 0 Å². The van der Waals surface area contributed by atoms with E-state index in [-0.39, 0.29) is 173 Å². The largest absolute Gasteiger partial charge is 0.466 e. The van der Waals surface area contributed by atoms with Crippen LogP contribution in [0, 0.1) is 17.3 Å². The fraction of sp³-hybridized carbons (Fsp3) is 0.535. The van der Waals surface area contributed by atoms with Gasteiger partial charge in [0, 0.05) is 147 Å². The van der Waals surface area contributed by atoms with Crippen LogP contribution in [0.2, 0.25) is 0 Å². The Hall–Kier alpha value is -15.6. The number of carbonyl (C=O) groups excluding carboxylic acids is 24. The van der Waals surface area contributed by atoms with E-state index in [1.807, 2.05) is 6.07 Å². The molecule has 1 saturated carbocycles. The van der Waals surface area contributed by atoms with Crippen molar-refractivity contribution in [2.24, 2.45) is 17.3 Å². The average Bonchev–Trinajstić information content (AvgIpc) is 0.910. The molecule has 8 amide bonds. The Bertz CT molecular complexity index is 4540. The summed E-state index contributed by atoms with van der Waals surface area (Å²) in [6.45, 7) is 33.1. The Morgan fingerprint density at radius 3 is 0.728 bits per heavy atom. The van der Waals surface area contributed by atoms with Gasteiger partial charge in [0.15, 0.2) is 0 Å². The summed E-state index contributed by atoms with van der Waals surface area (Å²) in [7, 11) is 7.26. The second-order valence-electron chi connectivity index (χ2n) is 31.9. The zero-order valence-electron chi connectivity index (χ0n) is 88.2. The maximum atomic E-state index is 12.0. The molecule has 0 heterocycles. The molecule has 1 aromatic carbocycles. The van der Waals surface area contributed by atoms with Crippen LogP contribution in [0.3, 0.4) is 0 Å². The zero-order valence-corrected chi connectivity index (χ0v) is 88.2. The first-order valence-electron chi connectivity index (χ1n) is 46.0. The molecule has 0 aliphatic heterocycles. The number of hydrogen-bond acceptors (Lipinski definition) is 40. The van der Waals surface area contributed by atoms with Gasteiger partial charge in [-0.25, -0.2) is 76.7 Å². The minimum Gasteiger partial charge on any atom is -0.466 e. The van der Waals surface area contributed by atoms with Crippen LogP contribution in [0.4, 0.5) is 0 Å². The number of methoxy groups -OCH3 is 6. The minimum atomic E-state index is -0.679. The molecule has 1 aromatic rings. The molecule has 1 aliphatic carbocycles. The maximum Gasteiger partial charge on any atom is 0.331 e. The molecule has 8 atom stereocenters. The third-order valence-corrected chi connectivity index (χ3v) is 16.5. The van der Waals surface area contributed by atoms with Crippen molar-refractivity contribution >= 4 is 143 Å². The Kier molecular flexibility index (Phi) is 85.2. The van der Waals surface area contributed by atoms with Crippen LogP contribution in [-0.2, 0) is 186 Å². The third-order valence-electron chi connectivity index (χ3n) is 16.5. The van der Waals surface area contributed by atoms with Crippen LogP contribution in [-0.4, -0.2) is 300 Å². The van der Waals surface area contributed by atoms with Crippen molar-refractivity contribution in [3.8, 4) is 0 Å². The number of amides is 8. The fourth-order valence-electron chi connectivity index (χ4n) is 9.17. The summed E-state index contributed by atoms with van der Waals surface area (Å²) in [6, 6.07) is 6.45. The smallest absolute Gasteiger partial charge is 0.331 e. The fourth-order valence-corrected chi connectivity index (χ4v) is 9.17. The predicted molar refractivity (Wildman–Crippen MR) is 526 cm³/mol. The molecule has 8 N–H and O–H groups in total. The molecule has 48 heteroatoms. The molecule has 0 spiro atoms. The molecule has 2 rings (SSSR count). The monoisotopic (exact) mass is 2090 g/mol. The number of benzene rings is 1. The summed E-state index contributed by atoms with van der Waals surface area (Å²) >= 11 is 0. The first kappa shape index (κ1) is 142. The molecule has 0 aromatic heterocycles. The van der Waals surface area contributed by atoms with Gasteiger partial charge >= 0.3 is 95.5 Å². The van der Waals surface area contributed by atoms with E-state index in [4.69, 9.17) is 37.9 Å². The number of hydrogen-bond donors (Lipinski definition) is 8. The van der Waals surface area contributed by atoms with Gasteiger partial charge < -0.3 is 118 Å². The van der Waals surface area contributed by atoms with Crippen molar-refractivity contribution in [3.05, 3.63) is 133 Å². The molecule has 0 bridgehead atoms. The van der Waals surface area contributed by atoms with Gasteiger partial charge in [0.25, 0.3) is 5.91 Å². The Morgan fingerprint density at radius 2 is 0.503 bits per heavy atom. The standard InChI is InChI=1S/C15H23NO5.C15H17NO5.C13H21NO5.2C12H19NO5.2C11H17NO5.C10H15NO5/c2*1-11(10-21-14(18)9-8-13(17)20-2)16-15(19)12-6-4-3-5-7-12;1-9(14-12(17)13(2,3)4)8-19-11(16)7-6-10(15)18-5;1-8(2)12(16)13-9(3)7-18-11(15)6-5-10(14)17-4;1-4-10(14)13-9(3)8-18-12(16)7-6-11(15)17-5-2;1-4-9(13)12-8(2)7-17-11(15)6-5-10(14)16-3;1-4-16-10(14)5-6-11(15)17-7-8(2)12-9(3)13;1-7(11-8(2)12)6-16-10(14)5-4-9(13)15-3/h8-9,11-12H,3-7,10H2,1-2H3,(H,16,19);3-9,11H,10H2,1-2H3,(H,16,19);6-7,9H,8H2,1-5H3,(H,14,17);5-6,8-9H,7H2,1-4H3,(H,13,16);6-7,9H,4-5,8H2,1-3H3,(H,13,14);2*5-6,8H,4,7H2,1-3H3,(H,12,13);4-5,7H,6H2,1-3H3,(H,11,12)/b2*9-8+;7-6+;6-5+;7-6+;2*6-5+;5-4+. The molecule has 147 heavy (non-hydrogen) atoms. The number of rotatable bonds is 47. The van der Waals surface area contributed by atoms with E-state index in [1.54, 1.807) is 142 Å². The molecule has 824 valence electrons. The van der Waals surface area contributed by atoms with Crippen LogP contribution in [0.1, 0.15) is 187 Å². The average molecular weight is 2090 g/mol. The lowest BCUT2D eigenvalue weighted by Crippen LogP contribution is -2.42. The highest BCUT2D eigenvalue weighted by Gasteiger charge is 2.25. The molecule has 1 fully saturated rings. The van der Waals surface area contributed by atoms with Crippen molar-refractivity contribution in [1.82, 2.24) is 42.5 Å². The van der Waals surface area contributed by atoms with Crippen LogP contribution in [0.15, 0.2) is 128 Å². The Morgan fingerprint density at radius 1 is 0.286 bits per heavy atom. The highest BCUT2D eigenvalue weighted by atomic mass is 16.6.